The molecule has 1 fully saturated rings. The largest absolute Gasteiger partial charge is 0.392 e. The van der Waals surface area contributed by atoms with E-state index in [0.717, 1.165) is 36.8 Å². The molecule has 0 aromatic carbocycles. The van der Waals surface area contributed by atoms with Crippen LogP contribution in [0.5, 0.6) is 0 Å². The Balaban J connectivity index is 2.68. The SMILES string of the molecule is CC(C)=CCCC(=CCCC(C)=CCO)C(=O)N1CCOCC1. The second-order valence-electron chi connectivity index (χ2n) is 6.23. The monoisotopic (exact) mass is 321 g/mol. The third-order valence-corrected chi connectivity index (χ3v) is 3.91. The third kappa shape index (κ3) is 8.14. The highest BCUT2D eigenvalue weighted by Gasteiger charge is 2.19. The van der Waals surface area contributed by atoms with Gasteiger partial charge in [0.25, 0.3) is 0 Å². The first-order valence-corrected chi connectivity index (χ1v) is 8.50. The van der Waals surface area contributed by atoms with E-state index >= 15 is 0 Å². The first-order valence-electron chi connectivity index (χ1n) is 8.50. The summed E-state index contributed by atoms with van der Waals surface area (Å²) >= 11 is 0. The molecule has 1 heterocycles. The number of aliphatic hydroxyl groups excluding tert-OH is 1. The van der Waals surface area contributed by atoms with Crippen LogP contribution in [0, 0.1) is 0 Å². The average Bonchev–Trinajstić information content (AvgIpc) is 2.53. The summed E-state index contributed by atoms with van der Waals surface area (Å²) in [6.45, 7) is 8.88. The topological polar surface area (TPSA) is 49.8 Å². The third-order valence-electron chi connectivity index (χ3n) is 3.91. The maximum absolute atomic E-state index is 12.7. The second-order valence-corrected chi connectivity index (χ2v) is 6.23. The van der Waals surface area contributed by atoms with Crippen LogP contribution >= 0.6 is 0 Å². The van der Waals surface area contributed by atoms with E-state index in [-0.39, 0.29) is 12.5 Å². The molecule has 0 aromatic rings. The molecular weight excluding hydrogens is 290 g/mol. The molecule has 0 aromatic heterocycles. The standard InChI is InChI=1S/C19H31NO3/c1-16(2)6-4-8-18(9-5-7-17(3)10-13-21)19(22)20-11-14-23-15-12-20/h6,9-10,21H,4-5,7-8,11-15H2,1-3H3. The predicted octanol–water partition coefficient (Wildman–Crippen LogP) is 3.24. The molecule has 1 amide bonds. The van der Waals surface area contributed by atoms with Gasteiger partial charge in [-0.1, -0.05) is 29.4 Å². The number of ether oxygens (including phenoxy) is 1. The van der Waals surface area contributed by atoms with Gasteiger partial charge >= 0.3 is 0 Å². The first kappa shape index (κ1) is 19.7. The molecule has 1 aliphatic heterocycles. The fourth-order valence-corrected chi connectivity index (χ4v) is 2.51. The molecule has 1 N–H and O–H groups in total. The lowest BCUT2D eigenvalue weighted by Gasteiger charge is -2.27. The number of morpholine rings is 1. The van der Waals surface area contributed by atoms with Crippen molar-refractivity contribution < 1.29 is 14.6 Å². The number of amides is 1. The quantitative estimate of drug-likeness (QED) is 0.551. The summed E-state index contributed by atoms with van der Waals surface area (Å²) in [5.41, 5.74) is 3.34. The van der Waals surface area contributed by atoms with Crippen LogP contribution in [-0.4, -0.2) is 48.8 Å². The van der Waals surface area contributed by atoms with Gasteiger partial charge in [-0.3, -0.25) is 4.79 Å². The van der Waals surface area contributed by atoms with Gasteiger partial charge in [-0.2, -0.15) is 0 Å². The minimum absolute atomic E-state index is 0.0791. The molecule has 23 heavy (non-hydrogen) atoms. The average molecular weight is 321 g/mol. The molecule has 0 unspecified atom stereocenters. The lowest BCUT2D eigenvalue weighted by molar-refractivity contribution is -0.131. The van der Waals surface area contributed by atoms with Gasteiger partial charge in [0.2, 0.25) is 5.91 Å². The second kappa shape index (κ2) is 11.2. The number of nitrogens with zero attached hydrogens (tertiary/aromatic N) is 1. The minimum atomic E-state index is 0.0791. The van der Waals surface area contributed by atoms with Gasteiger partial charge < -0.3 is 14.7 Å². The Kier molecular flexibility index (Phi) is 9.57. The van der Waals surface area contributed by atoms with Gasteiger partial charge in [-0.05, 0) is 46.5 Å². The summed E-state index contributed by atoms with van der Waals surface area (Å²) < 4.78 is 5.33. The minimum Gasteiger partial charge on any atom is -0.392 e. The Hall–Kier alpha value is -1.39. The number of hydrogen-bond acceptors (Lipinski definition) is 3. The van der Waals surface area contributed by atoms with Crippen LogP contribution in [-0.2, 0) is 9.53 Å². The van der Waals surface area contributed by atoms with Crippen LogP contribution < -0.4 is 0 Å². The van der Waals surface area contributed by atoms with Gasteiger partial charge in [0.05, 0.1) is 19.8 Å². The van der Waals surface area contributed by atoms with E-state index in [4.69, 9.17) is 9.84 Å². The van der Waals surface area contributed by atoms with Crippen molar-refractivity contribution in [3.05, 3.63) is 34.9 Å². The number of hydrogen-bond donors (Lipinski definition) is 1. The van der Waals surface area contributed by atoms with Crippen LogP contribution in [0.25, 0.3) is 0 Å². The molecule has 1 saturated heterocycles. The molecule has 0 aliphatic carbocycles. The Morgan fingerprint density at radius 2 is 1.70 bits per heavy atom. The summed E-state index contributed by atoms with van der Waals surface area (Å²) in [5, 5.41) is 8.90. The molecule has 0 saturated carbocycles. The van der Waals surface area contributed by atoms with Crippen molar-refractivity contribution >= 4 is 5.91 Å². The number of rotatable bonds is 8. The Morgan fingerprint density at radius 3 is 2.30 bits per heavy atom. The van der Waals surface area contributed by atoms with E-state index in [1.165, 1.54) is 5.57 Å². The van der Waals surface area contributed by atoms with Crippen molar-refractivity contribution in [3.8, 4) is 0 Å². The number of carbonyl (C=O) groups is 1. The maximum atomic E-state index is 12.7. The Labute approximate surface area is 140 Å². The van der Waals surface area contributed by atoms with Crippen molar-refractivity contribution in [2.24, 2.45) is 0 Å². The zero-order chi connectivity index (χ0) is 17.1. The van der Waals surface area contributed by atoms with Crippen molar-refractivity contribution in [3.63, 3.8) is 0 Å². The van der Waals surface area contributed by atoms with Crippen molar-refractivity contribution in [2.45, 2.75) is 46.5 Å². The van der Waals surface area contributed by atoms with Crippen molar-refractivity contribution in [1.29, 1.82) is 0 Å². The summed E-state index contributed by atoms with van der Waals surface area (Å²) in [5.74, 6) is 0.152. The first-order chi connectivity index (χ1) is 11.0. The van der Waals surface area contributed by atoms with Crippen LogP contribution in [0.1, 0.15) is 46.5 Å². The van der Waals surface area contributed by atoms with Gasteiger partial charge in [-0.15, -0.1) is 0 Å². The van der Waals surface area contributed by atoms with E-state index in [2.05, 4.69) is 26.0 Å². The van der Waals surface area contributed by atoms with Gasteiger partial charge in [0, 0.05) is 18.7 Å². The maximum Gasteiger partial charge on any atom is 0.249 e. The number of allylic oxidation sites excluding steroid dienone is 4. The van der Waals surface area contributed by atoms with Crippen LogP contribution in [0.3, 0.4) is 0 Å². The summed E-state index contributed by atoms with van der Waals surface area (Å²) in [4.78, 5) is 14.6. The Morgan fingerprint density at radius 1 is 1.04 bits per heavy atom. The van der Waals surface area contributed by atoms with E-state index in [1.807, 2.05) is 17.9 Å². The molecule has 1 rings (SSSR count). The Bertz CT molecular complexity index is 453. The van der Waals surface area contributed by atoms with Gasteiger partial charge in [0.1, 0.15) is 0 Å². The zero-order valence-electron chi connectivity index (χ0n) is 14.8. The summed E-state index contributed by atoms with van der Waals surface area (Å²) in [7, 11) is 0. The lowest BCUT2D eigenvalue weighted by atomic mass is 10.0. The van der Waals surface area contributed by atoms with E-state index in [0.29, 0.717) is 26.3 Å². The van der Waals surface area contributed by atoms with Crippen molar-refractivity contribution in [2.75, 3.05) is 32.9 Å². The van der Waals surface area contributed by atoms with E-state index in [1.54, 1.807) is 0 Å². The summed E-state index contributed by atoms with van der Waals surface area (Å²) in [6, 6.07) is 0. The molecule has 4 nitrogen and oxygen atoms in total. The molecular formula is C19H31NO3. The van der Waals surface area contributed by atoms with E-state index < -0.39 is 0 Å². The number of aliphatic hydroxyl groups is 1. The molecule has 130 valence electrons. The highest BCUT2D eigenvalue weighted by Crippen LogP contribution is 2.15. The van der Waals surface area contributed by atoms with E-state index in [9.17, 15) is 4.79 Å². The lowest BCUT2D eigenvalue weighted by Crippen LogP contribution is -2.41. The fourth-order valence-electron chi connectivity index (χ4n) is 2.51. The number of carbonyl (C=O) groups excluding carboxylic acids is 1. The van der Waals surface area contributed by atoms with Crippen LogP contribution in [0.4, 0.5) is 0 Å². The normalized spacial score (nSPS) is 16.4. The smallest absolute Gasteiger partial charge is 0.249 e. The summed E-state index contributed by atoms with van der Waals surface area (Å²) in [6.07, 6.45) is 9.47. The molecule has 0 atom stereocenters. The van der Waals surface area contributed by atoms with Gasteiger partial charge in [0.15, 0.2) is 0 Å². The molecule has 4 heteroatoms. The van der Waals surface area contributed by atoms with Gasteiger partial charge in [-0.25, -0.2) is 0 Å². The molecule has 0 radical (unpaired) electrons. The van der Waals surface area contributed by atoms with Crippen LogP contribution in [0.2, 0.25) is 0 Å². The highest BCUT2D eigenvalue weighted by atomic mass is 16.5. The predicted molar refractivity (Wildman–Crippen MR) is 94.2 cm³/mol. The van der Waals surface area contributed by atoms with Crippen molar-refractivity contribution in [1.82, 2.24) is 4.90 Å². The van der Waals surface area contributed by atoms with Crippen LogP contribution in [0.15, 0.2) is 34.9 Å². The molecule has 1 aliphatic rings. The zero-order valence-corrected chi connectivity index (χ0v) is 14.8. The fraction of sp³-hybridized carbons (Fsp3) is 0.632. The molecule has 0 bridgehead atoms. The molecule has 0 spiro atoms. The highest BCUT2D eigenvalue weighted by molar-refractivity contribution is 5.93.